The molecule has 0 bridgehead atoms. The van der Waals surface area contributed by atoms with Gasteiger partial charge in [0, 0.05) is 37.6 Å². The molecular weight excluding hydrogens is 402 g/mol. The molecule has 1 saturated heterocycles. The molecule has 0 N–H and O–H groups in total. The zero-order chi connectivity index (χ0) is 21.9. The van der Waals surface area contributed by atoms with Gasteiger partial charge in [-0.25, -0.2) is 9.97 Å². The van der Waals surface area contributed by atoms with Crippen LogP contribution < -0.4 is 9.80 Å². The number of carbonyl (C=O) groups excluding carboxylic acids is 1. The van der Waals surface area contributed by atoms with Crippen LogP contribution in [-0.2, 0) is 4.79 Å². The van der Waals surface area contributed by atoms with Crippen LogP contribution in [0.4, 0.5) is 11.5 Å². The number of anilines is 2. The lowest BCUT2D eigenvalue weighted by atomic mass is 9.89. The van der Waals surface area contributed by atoms with Crippen molar-refractivity contribution >= 4 is 28.2 Å². The van der Waals surface area contributed by atoms with Gasteiger partial charge in [-0.1, -0.05) is 31.2 Å². The lowest BCUT2D eigenvalue weighted by Gasteiger charge is -2.45. The molecule has 0 saturated carbocycles. The second-order valence-corrected chi connectivity index (χ2v) is 8.38. The van der Waals surface area contributed by atoms with Crippen molar-refractivity contribution in [2.45, 2.75) is 31.7 Å². The van der Waals surface area contributed by atoms with E-state index in [-0.39, 0.29) is 5.91 Å². The van der Waals surface area contributed by atoms with Crippen LogP contribution in [0.1, 0.15) is 26.2 Å². The zero-order valence-electron chi connectivity index (χ0n) is 18.1. The van der Waals surface area contributed by atoms with Gasteiger partial charge in [0.05, 0.1) is 6.20 Å². The molecule has 0 radical (unpaired) electrons. The van der Waals surface area contributed by atoms with E-state index in [2.05, 4.69) is 32.8 Å². The van der Waals surface area contributed by atoms with E-state index in [0.717, 1.165) is 53.8 Å². The molecule has 1 amide bonds. The molecule has 2 aliphatic rings. The Morgan fingerprint density at radius 2 is 1.97 bits per heavy atom. The summed E-state index contributed by atoms with van der Waals surface area (Å²) in [4.78, 5) is 35.9. The predicted octanol–water partition coefficient (Wildman–Crippen LogP) is 3.60. The lowest BCUT2D eigenvalue weighted by molar-refractivity contribution is -0.123. The number of hydrogen-bond donors (Lipinski definition) is 0. The third-order valence-electron chi connectivity index (χ3n) is 6.87. The van der Waals surface area contributed by atoms with Gasteiger partial charge in [0.1, 0.15) is 16.9 Å². The van der Waals surface area contributed by atoms with Crippen molar-refractivity contribution in [1.29, 1.82) is 0 Å². The fourth-order valence-corrected chi connectivity index (χ4v) is 5.20. The van der Waals surface area contributed by atoms with Gasteiger partial charge in [-0.15, -0.1) is 0 Å². The summed E-state index contributed by atoms with van der Waals surface area (Å²) < 4.78 is 1.87. The zero-order valence-corrected chi connectivity index (χ0v) is 18.1. The summed E-state index contributed by atoms with van der Waals surface area (Å²) in [5.74, 6) is 2.14. The summed E-state index contributed by atoms with van der Waals surface area (Å²) in [5, 5.41) is 2.12. The van der Waals surface area contributed by atoms with Gasteiger partial charge >= 0.3 is 0 Å². The smallest absolute Gasteiger partial charge is 0.252 e. The molecule has 160 valence electrons. The van der Waals surface area contributed by atoms with E-state index in [1.165, 1.54) is 0 Å². The van der Waals surface area contributed by atoms with E-state index >= 15 is 0 Å². The van der Waals surface area contributed by atoms with Crippen LogP contribution in [0, 0.1) is 0 Å². The standard InChI is InChI=1S/C24H23N7O/c1-3-24-10-6-13-31(24)20-18(29(2)22(24)32)15-27-23(28-20)30-14-12-26-21(30)19-17-8-5-4-7-16(17)9-11-25-19/h4-5,7-9,11-12,14-15H,3,6,10,13H2,1-2H3/t24-/m0/s1. The van der Waals surface area contributed by atoms with Gasteiger partial charge in [0.2, 0.25) is 5.95 Å². The van der Waals surface area contributed by atoms with Crippen molar-refractivity contribution in [3.05, 3.63) is 55.1 Å². The van der Waals surface area contributed by atoms with Crippen molar-refractivity contribution < 1.29 is 4.79 Å². The summed E-state index contributed by atoms with van der Waals surface area (Å²) in [7, 11) is 1.82. The molecule has 0 aliphatic carbocycles. The van der Waals surface area contributed by atoms with Crippen LogP contribution in [0.2, 0.25) is 0 Å². The van der Waals surface area contributed by atoms with Crippen molar-refractivity contribution in [2.75, 3.05) is 23.4 Å². The number of pyridine rings is 1. The van der Waals surface area contributed by atoms with Crippen LogP contribution >= 0.6 is 0 Å². The molecule has 4 aromatic rings. The Bertz CT molecular complexity index is 1360. The van der Waals surface area contributed by atoms with Gasteiger partial charge in [-0.3, -0.25) is 14.3 Å². The number of rotatable bonds is 3. The number of benzene rings is 1. The molecule has 5 heterocycles. The molecule has 3 aromatic heterocycles. The van der Waals surface area contributed by atoms with Gasteiger partial charge in [0.25, 0.3) is 5.91 Å². The number of nitrogens with zero attached hydrogens (tertiary/aromatic N) is 7. The SMILES string of the molecule is CC[C@@]12CCCN1c1nc(-n3ccnc3-c3nccc4ccccc34)ncc1N(C)C2=O. The highest BCUT2D eigenvalue weighted by molar-refractivity contribution is 6.07. The molecule has 8 nitrogen and oxygen atoms in total. The van der Waals surface area contributed by atoms with E-state index in [1.54, 1.807) is 23.5 Å². The number of hydrogen-bond acceptors (Lipinski definition) is 6. The van der Waals surface area contributed by atoms with Crippen LogP contribution in [0.5, 0.6) is 0 Å². The summed E-state index contributed by atoms with van der Waals surface area (Å²) in [6.07, 6.45) is 9.71. The van der Waals surface area contributed by atoms with Crippen molar-refractivity contribution in [2.24, 2.45) is 0 Å². The summed E-state index contributed by atoms with van der Waals surface area (Å²) in [6, 6.07) is 10.1. The highest BCUT2D eigenvalue weighted by Crippen LogP contribution is 2.45. The predicted molar refractivity (Wildman–Crippen MR) is 123 cm³/mol. The molecule has 8 heteroatoms. The molecule has 1 atom stereocenters. The monoisotopic (exact) mass is 425 g/mol. The third-order valence-corrected chi connectivity index (χ3v) is 6.87. The quantitative estimate of drug-likeness (QED) is 0.499. The van der Waals surface area contributed by atoms with E-state index < -0.39 is 5.54 Å². The highest BCUT2D eigenvalue weighted by Gasteiger charge is 2.52. The second-order valence-electron chi connectivity index (χ2n) is 8.38. The first-order valence-electron chi connectivity index (χ1n) is 10.9. The lowest BCUT2D eigenvalue weighted by Crippen LogP contribution is -2.59. The Kier molecular flexibility index (Phi) is 4.05. The summed E-state index contributed by atoms with van der Waals surface area (Å²) in [6.45, 7) is 2.90. The summed E-state index contributed by atoms with van der Waals surface area (Å²) >= 11 is 0. The first kappa shape index (κ1) is 18.9. The van der Waals surface area contributed by atoms with Gasteiger partial charge in [-0.05, 0) is 30.7 Å². The minimum atomic E-state index is -0.512. The number of amides is 1. The molecule has 0 unspecified atom stereocenters. The number of fused-ring (bicyclic) bond motifs is 4. The van der Waals surface area contributed by atoms with Crippen molar-refractivity contribution in [3.8, 4) is 17.5 Å². The third kappa shape index (κ3) is 2.46. The Balaban J connectivity index is 1.51. The van der Waals surface area contributed by atoms with Crippen molar-refractivity contribution in [3.63, 3.8) is 0 Å². The maximum atomic E-state index is 13.2. The normalized spacial score (nSPS) is 20.0. The van der Waals surface area contributed by atoms with E-state index in [9.17, 15) is 4.79 Å². The molecule has 6 rings (SSSR count). The minimum Gasteiger partial charge on any atom is -0.340 e. The number of carbonyl (C=O) groups is 1. The Labute approximate surface area is 185 Å². The fourth-order valence-electron chi connectivity index (χ4n) is 5.20. The highest BCUT2D eigenvalue weighted by atomic mass is 16.2. The Morgan fingerprint density at radius 1 is 1.09 bits per heavy atom. The number of aromatic nitrogens is 5. The van der Waals surface area contributed by atoms with Crippen LogP contribution in [0.25, 0.3) is 28.2 Å². The summed E-state index contributed by atoms with van der Waals surface area (Å²) in [5.41, 5.74) is 1.02. The number of imidazole rings is 1. The first-order valence-corrected chi connectivity index (χ1v) is 10.9. The largest absolute Gasteiger partial charge is 0.340 e. The maximum Gasteiger partial charge on any atom is 0.252 e. The molecule has 0 spiro atoms. The number of likely N-dealkylation sites (N-methyl/N-ethyl adjacent to an activating group) is 1. The molecule has 1 aromatic carbocycles. The minimum absolute atomic E-state index is 0.129. The van der Waals surface area contributed by atoms with Crippen LogP contribution in [0.15, 0.2) is 55.1 Å². The van der Waals surface area contributed by atoms with E-state index in [0.29, 0.717) is 11.8 Å². The molecule has 2 aliphatic heterocycles. The average molecular weight is 425 g/mol. The molecular formula is C24H23N7O. The first-order chi connectivity index (χ1) is 15.6. The fraction of sp³-hybridized carbons (Fsp3) is 0.292. The maximum absolute atomic E-state index is 13.2. The topological polar surface area (TPSA) is 80.0 Å². The molecule has 32 heavy (non-hydrogen) atoms. The van der Waals surface area contributed by atoms with E-state index in [4.69, 9.17) is 4.98 Å². The van der Waals surface area contributed by atoms with Gasteiger partial charge < -0.3 is 9.80 Å². The Hall–Kier alpha value is -3.81. The van der Waals surface area contributed by atoms with Crippen molar-refractivity contribution in [1.82, 2.24) is 24.5 Å². The average Bonchev–Trinajstić information content (AvgIpc) is 3.50. The van der Waals surface area contributed by atoms with Crippen LogP contribution in [0.3, 0.4) is 0 Å². The Morgan fingerprint density at radius 3 is 2.84 bits per heavy atom. The van der Waals surface area contributed by atoms with Crippen LogP contribution in [-0.4, -0.2) is 49.5 Å². The molecule has 1 fully saturated rings. The van der Waals surface area contributed by atoms with E-state index in [1.807, 2.05) is 42.1 Å². The van der Waals surface area contributed by atoms with Gasteiger partial charge in [-0.2, -0.15) is 4.98 Å². The second kappa shape index (κ2) is 6.85. The van der Waals surface area contributed by atoms with Gasteiger partial charge in [0.15, 0.2) is 11.6 Å².